The third kappa shape index (κ3) is 2.97. The fraction of sp³-hybridized carbons (Fsp3) is 0.214. The second-order valence-electron chi connectivity index (χ2n) is 3.95. The van der Waals surface area contributed by atoms with Crippen LogP contribution in [0.4, 0.5) is 11.5 Å². The minimum atomic E-state index is 0.805. The monoisotopic (exact) mass is 227 g/mol. The molecule has 0 amide bonds. The molecule has 88 valence electrons. The van der Waals surface area contributed by atoms with E-state index in [9.17, 15) is 0 Å². The van der Waals surface area contributed by atoms with Gasteiger partial charge in [-0.3, -0.25) is 0 Å². The van der Waals surface area contributed by atoms with Crippen LogP contribution in [-0.4, -0.2) is 11.5 Å². The lowest BCUT2D eigenvalue weighted by atomic mass is 10.2. The summed E-state index contributed by atoms with van der Waals surface area (Å²) in [6, 6.07) is 13.9. The molecule has 17 heavy (non-hydrogen) atoms. The molecule has 0 spiro atoms. The van der Waals surface area contributed by atoms with Gasteiger partial charge in [0.1, 0.15) is 5.82 Å². The summed E-state index contributed by atoms with van der Waals surface area (Å²) in [6.07, 6.45) is 1.82. The van der Waals surface area contributed by atoms with Crippen molar-refractivity contribution in [2.24, 2.45) is 0 Å². The summed E-state index contributed by atoms with van der Waals surface area (Å²) in [6.45, 7) is 3.88. The molecule has 0 saturated heterocycles. The zero-order valence-electron chi connectivity index (χ0n) is 10.0. The number of hydrogen-bond donors (Lipinski definition) is 1. The van der Waals surface area contributed by atoms with Crippen molar-refractivity contribution in [3.63, 3.8) is 0 Å². The molecule has 0 atom stereocenters. The molecular formula is C14H17N3. The molecule has 0 aliphatic carbocycles. The largest absolute Gasteiger partial charge is 0.399 e. The molecule has 0 bridgehead atoms. The quantitative estimate of drug-likeness (QED) is 0.816. The van der Waals surface area contributed by atoms with Gasteiger partial charge in [-0.15, -0.1) is 0 Å². The highest BCUT2D eigenvalue weighted by molar-refractivity contribution is 5.44. The molecule has 1 aromatic carbocycles. The van der Waals surface area contributed by atoms with Crippen LogP contribution in [0.2, 0.25) is 0 Å². The summed E-state index contributed by atoms with van der Waals surface area (Å²) in [5.74, 6) is 0.998. The number of hydrogen-bond acceptors (Lipinski definition) is 3. The summed E-state index contributed by atoms with van der Waals surface area (Å²) in [7, 11) is 0. The van der Waals surface area contributed by atoms with Gasteiger partial charge in [0.05, 0.1) is 0 Å². The molecule has 1 aromatic heterocycles. The Bertz CT molecular complexity index is 468. The minimum Gasteiger partial charge on any atom is -0.399 e. The average molecular weight is 227 g/mol. The molecule has 0 fully saturated rings. The standard InChI is InChI=1S/C14H17N3/c1-2-17(14-8-3-4-9-16-14)11-12-6-5-7-13(15)10-12/h3-10H,2,11,15H2,1H3. The van der Waals surface area contributed by atoms with Crippen LogP contribution in [0.5, 0.6) is 0 Å². The Hall–Kier alpha value is -2.03. The maximum Gasteiger partial charge on any atom is 0.128 e. The van der Waals surface area contributed by atoms with Gasteiger partial charge in [0, 0.05) is 25.0 Å². The van der Waals surface area contributed by atoms with Crippen LogP contribution in [0.25, 0.3) is 0 Å². The van der Waals surface area contributed by atoms with E-state index >= 15 is 0 Å². The van der Waals surface area contributed by atoms with Crippen molar-refractivity contribution < 1.29 is 0 Å². The third-order valence-electron chi connectivity index (χ3n) is 2.68. The Balaban J connectivity index is 2.16. The van der Waals surface area contributed by atoms with Crippen molar-refractivity contribution >= 4 is 11.5 Å². The summed E-state index contributed by atoms with van der Waals surface area (Å²) in [5, 5.41) is 0. The first-order chi connectivity index (χ1) is 8.29. The number of benzene rings is 1. The van der Waals surface area contributed by atoms with E-state index in [0.29, 0.717) is 0 Å². The second-order valence-corrected chi connectivity index (χ2v) is 3.95. The summed E-state index contributed by atoms with van der Waals surface area (Å²) < 4.78 is 0. The van der Waals surface area contributed by atoms with E-state index in [0.717, 1.165) is 24.6 Å². The molecule has 0 radical (unpaired) electrons. The van der Waals surface area contributed by atoms with Gasteiger partial charge in [0.2, 0.25) is 0 Å². The van der Waals surface area contributed by atoms with E-state index in [4.69, 9.17) is 5.73 Å². The van der Waals surface area contributed by atoms with E-state index in [1.165, 1.54) is 5.56 Å². The molecule has 0 aliphatic heterocycles. The number of nitrogens with two attached hydrogens (primary N) is 1. The van der Waals surface area contributed by atoms with Crippen molar-refractivity contribution in [3.05, 3.63) is 54.2 Å². The Kier molecular flexibility index (Phi) is 3.60. The molecule has 0 saturated carbocycles. The lowest BCUT2D eigenvalue weighted by Gasteiger charge is -2.21. The Morgan fingerprint density at radius 2 is 2.06 bits per heavy atom. The first-order valence-electron chi connectivity index (χ1n) is 5.80. The lowest BCUT2D eigenvalue weighted by Crippen LogP contribution is -2.22. The van der Waals surface area contributed by atoms with Crippen molar-refractivity contribution in [1.82, 2.24) is 4.98 Å². The van der Waals surface area contributed by atoms with Gasteiger partial charge < -0.3 is 10.6 Å². The predicted molar refractivity (Wildman–Crippen MR) is 71.8 cm³/mol. The van der Waals surface area contributed by atoms with E-state index in [-0.39, 0.29) is 0 Å². The van der Waals surface area contributed by atoms with Crippen LogP contribution in [-0.2, 0) is 6.54 Å². The van der Waals surface area contributed by atoms with Gasteiger partial charge in [-0.05, 0) is 36.8 Å². The van der Waals surface area contributed by atoms with Crippen LogP contribution in [0, 0.1) is 0 Å². The normalized spacial score (nSPS) is 10.2. The second kappa shape index (κ2) is 5.34. The van der Waals surface area contributed by atoms with E-state index in [1.54, 1.807) is 0 Å². The summed E-state index contributed by atoms with van der Waals surface area (Å²) in [4.78, 5) is 6.58. The number of nitrogen functional groups attached to an aromatic ring is 1. The van der Waals surface area contributed by atoms with Crippen LogP contribution in [0.15, 0.2) is 48.7 Å². The van der Waals surface area contributed by atoms with E-state index < -0.39 is 0 Å². The van der Waals surface area contributed by atoms with Crippen molar-refractivity contribution in [1.29, 1.82) is 0 Å². The first-order valence-corrected chi connectivity index (χ1v) is 5.80. The maximum absolute atomic E-state index is 5.78. The van der Waals surface area contributed by atoms with Crippen molar-refractivity contribution in [2.75, 3.05) is 17.2 Å². The van der Waals surface area contributed by atoms with Crippen LogP contribution < -0.4 is 10.6 Å². The number of rotatable bonds is 4. The Labute approximate surface area is 102 Å². The third-order valence-corrected chi connectivity index (χ3v) is 2.68. The topological polar surface area (TPSA) is 42.1 Å². The molecule has 3 nitrogen and oxygen atoms in total. The van der Waals surface area contributed by atoms with Gasteiger partial charge in [0.25, 0.3) is 0 Å². The van der Waals surface area contributed by atoms with Crippen molar-refractivity contribution in [2.45, 2.75) is 13.5 Å². The molecule has 0 unspecified atom stereocenters. The highest BCUT2D eigenvalue weighted by Crippen LogP contribution is 2.15. The molecule has 1 heterocycles. The minimum absolute atomic E-state index is 0.805. The molecule has 2 aromatic rings. The Morgan fingerprint density at radius 1 is 1.18 bits per heavy atom. The van der Waals surface area contributed by atoms with Crippen LogP contribution in [0.1, 0.15) is 12.5 Å². The molecule has 3 heteroatoms. The smallest absolute Gasteiger partial charge is 0.128 e. The lowest BCUT2D eigenvalue weighted by molar-refractivity contribution is 0.814. The predicted octanol–water partition coefficient (Wildman–Crippen LogP) is 2.69. The number of aromatic nitrogens is 1. The number of nitrogens with zero attached hydrogens (tertiary/aromatic N) is 2. The summed E-state index contributed by atoms with van der Waals surface area (Å²) in [5.41, 5.74) is 7.79. The van der Waals surface area contributed by atoms with Gasteiger partial charge >= 0.3 is 0 Å². The van der Waals surface area contributed by atoms with E-state index in [1.807, 2.05) is 42.6 Å². The van der Waals surface area contributed by atoms with Crippen LogP contribution in [0.3, 0.4) is 0 Å². The molecule has 2 rings (SSSR count). The zero-order valence-corrected chi connectivity index (χ0v) is 10.0. The molecule has 0 aliphatic rings. The van der Waals surface area contributed by atoms with Gasteiger partial charge in [0.15, 0.2) is 0 Å². The highest BCUT2D eigenvalue weighted by Gasteiger charge is 2.05. The first kappa shape index (κ1) is 11.5. The number of anilines is 2. The van der Waals surface area contributed by atoms with Gasteiger partial charge in [-0.2, -0.15) is 0 Å². The summed E-state index contributed by atoms with van der Waals surface area (Å²) >= 11 is 0. The number of pyridine rings is 1. The van der Waals surface area contributed by atoms with Gasteiger partial charge in [-0.1, -0.05) is 18.2 Å². The molecule has 2 N–H and O–H groups in total. The zero-order chi connectivity index (χ0) is 12.1. The SMILES string of the molecule is CCN(Cc1cccc(N)c1)c1ccccn1. The van der Waals surface area contributed by atoms with Gasteiger partial charge in [-0.25, -0.2) is 4.98 Å². The fourth-order valence-electron chi connectivity index (χ4n) is 1.81. The Morgan fingerprint density at radius 3 is 2.71 bits per heavy atom. The van der Waals surface area contributed by atoms with Crippen molar-refractivity contribution in [3.8, 4) is 0 Å². The maximum atomic E-state index is 5.78. The molecular weight excluding hydrogens is 210 g/mol. The van der Waals surface area contributed by atoms with Crippen LogP contribution >= 0.6 is 0 Å². The highest BCUT2D eigenvalue weighted by atomic mass is 15.2. The average Bonchev–Trinajstić information content (AvgIpc) is 2.37. The fourth-order valence-corrected chi connectivity index (χ4v) is 1.81. The van der Waals surface area contributed by atoms with E-state index in [2.05, 4.69) is 22.9 Å².